The molecule has 0 radical (unpaired) electrons. The number of esters is 1. The third kappa shape index (κ3) is 6.64. The summed E-state index contributed by atoms with van der Waals surface area (Å²) in [6.07, 6.45) is -3.56. The third-order valence-electron chi connectivity index (χ3n) is 5.58. The molecule has 2 aromatic rings. The van der Waals surface area contributed by atoms with Gasteiger partial charge in [-0.3, -0.25) is 10.1 Å². The first-order chi connectivity index (χ1) is 17.3. The first-order valence-corrected chi connectivity index (χ1v) is 11.7. The van der Waals surface area contributed by atoms with Crippen LogP contribution in [0.5, 0.6) is 0 Å². The molecular formula is C24H29F2N3O7. The van der Waals surface area contributed by atoms with Crippen LogP contribution in [0.3, 0.4) is 0 Å². The van der Waals surface area contributed by atoms with E-state index in [0.29, 0.717) is 11.0 Å². The Morgan fingerprint density at radius 1 is 1.22 bits per heavy atom. The van der Waals surface area contributed by atoms with E-state index in [1.54, 1.807) is 30.3 Å². The minimum atomic E-state index is -3.94. The van der Waals surface area contributed by atoms with E-state index in [-0.39, 0.29) is 25.3 Å². The van der Waals surface area contributed by atoms with Crippen LogP contribution in [0.4, 0.5) is 19.4 Å². The zero-order valence-electron chi connectivity index (χ0n) is 19.8. The van der Waals surface area contributed by atoms with Crippen molar-refractivity contribution in [1.82, 2.24) is 9.55 Å². The lowest BCUT2D eigenvalue weighted by Crippen LogP contribution is -2.45. The highest BCUT2D eigenvalue weighted by Crippen LogP contribution is 2.44. The summed E-state index contributed by atoms with van der Waals surface area (Å²) in [6.45, 7) is 1.18. The van der Waals surface area contributed by atoms with Crippen molar-refractivity contribution in [2.24, 2.45) is 0 Å². The number of amides is 1. The van der Waals surface area contributed by atoms with Crippen LogP contribution in [-0.2, 0) is 25.4 Å². The van der Waals surface area contributed by atoms with Crippen molar-refractivity contribution < 1.29 is 37.7 Å². The lowest BCUT2D eigenvalue weighted by Gasteiger charge is -2.25. The Balaban J connectivity index is 1.75. The summed E-state index contributed by atoms with van der Waals surface area (Å²) < 4.78 is 46.6. The second-order valence-corrected chi connectivity index (χ2v) is 8.23. The molecule has 1 amide bonds. The first-order valence-electron chi connectivity index (χ1n) is 11.7. The van der Waals surface area contributed by atoms with Gasteiger partial charge >= 0.3 is 23.7 Å². The number of aliphatic hydroxyl groups excluding tert-OH is 1. The molecule has 2 heterocycles. The van der Waals surface area contributed by atoms with Crippen LogP contribution in [0.15, 0.2) is 47.4 Å². The monoisotopic (exact) mass is 509 g/mol. The summed E-state index contributed by atoms with van der Waals surface area (Å²) in [7, 11) is 0. The highest BCUT2D eigenvalue weighted by Gasteiger charge is 2.62. The van der Waals surface area contributed by atoms with Crippen LogP contribution in [-0.4, -0.2) is 58.1 Å². The molecule has 196 valence electrons. The van der Waals surface area contributed by atoms with Crippen molar-refractivity contribution in [3.05, 3.63) is 58.6 Å². The number of carbonyl (C=O) groups excluding carboxylic acids is 2. The minimum Gasteiger partial charge on any atom is -0.453 e. The van der Waals surface area contributed by atoms with Crippen molar-refractivity contribution in [2.75, 3.05) is 18.5 Å². The van der Waals surface area contributed by atoms with Crippen molar-refractivity contribution in [3.8, 4) is 0 Å². The average molecular weight is 510 g/mol. The fraction of sp³-hybridized carbons (Fsp3) is 0.500. The molecule has 1 aromatic heterocycles. The molecule has 1 aliphatic rings. The van der Waals surface area contributed by atoms with Gasteiger partial charge in [0.1, 0.15) is 11.9 Å². The number of hydrogen-bond donors (Lipinski definition) is 2. The van der Waals surface area contributed by atoms with Gasteiger partial charge in [-0.05, 0) is 24.5 Å². The lowest BCUT2D eigenvalue weighted by molar-refractivity contribution is -0.176. The molecule has 0 saturated carbocycles. The number of hydrogen-bond acceptors (Lipinski definition) is 8. The van der Waals surface area contributed by atoms with E-state index in [1.165, 1.54) is 0 Å². The normalized spacial score (nSPS) is 20.6. The quantitative estimate of drug-likeness (QED) is 0.349. The Morgan fingerprint density at radius 3 is 2.67 bits per heavy atom. The number of aliphatic hydroxyl groups is 1. The maximum atomic E-state index is 15.5. The topological polar surface area (TPSA) is 129 Å². The molecule has 3 atom stereocenters. The number of aryl methyl sites for hydroxylation is 1. The predicted molar refractivity (Wildman–Crippen MR) is 124 cm³/mol. The number of alkyl halides is 2. The van der Waals surface area contributed by atoms with E-state index in [4.69, 9.17) is 14.2 Å². The molecule has 1 aliphatic heterocycles. The molecule has 0 aliphatic carbocycles. The van der Waals surface area contributed by atoms with E-state index in [2.05, 4.69) is 10.3 Å². The van der Waals surface area contributed by atoms with Crippen molar-refractivity contribution in [2.45, 2.75) is 63.4 Å². The number of halogens is 2. The van der Waals surface area contributed by atoms with Gasteiger partial charge in [-0.15, -0.1) is 0 Å². The number of nitrogens with zero attached hydrogens (tertiary/aromatic N) is 2. The maximum Gasteiger partial charge on any atom is 0.412 e. The smallest absolute Gasteiger partial charge is 0.412 e. The van der Waals surface area contributed by atoms with E-state index in [9.17, 15) is 19.5 Å². The fourth-order valence-electron chi connectivity index (χ4n) is 3.74. The van der Waals surface area contributed by atoms with Crippen LogP contribution < -0.4 is 11.0 Å². The Labute approximate surface area is 206 Å². The molecule has 1 aromatic carbocycles. The van der Waals surface area contributed by atoms with Crippen LogP contribution >= 0.6 is 0 Å². The van der Waals surface area contributed by atoms with Gasteiger partial charge in [-0.25, -0.2) is 19.1 Å². The highest BCUT2D eigenvalue weighted by molar-refractivity contribution is 5.83. The van der Waals surface area contributed by atoms with Crippen LogP contribution in [0.2, 0.25) is 0 Å². The van der Waals surface area contributed by atoms with Gasteiger partial charge in [0.05, 0.1) is 13.2 Å². The lowest BCUT2D eigenvalue weighted by atomic mass is 10.1. The van der Waals surface area contributed by atoms with Gasteiger partial charge in [-0.1, -0.05) is 50.1 Å². The summed E-state index contributed by atoms with van der Waals surface area (Å²) in [5, 5.41) is 11.9. The van der Waals surface area contributed by atoms with Gasteiger partial charge in [0.25, 0.3) is 0 Å². The standard InChI is InChI=1S/C24H29F2N3O7/c1-2-3-7-14-34-23(33)28-18-12-13-27-22(32)29(18)21-24(25,26)20(17(15-30)35-21)36-19(31)11-10-16-8-5-4-6-9-16/h4-6,8-9,12-13,17,20-21,30H,2-3,7,10-11,14-15H2,1H3,(H,28,33)/t17-,20-,21-/m1/s1. The van der Waals surface area contributed by atoms with Gasteiger partial charge in [0.15, 0.2) is 6.10 Å². The van der Waals surface area contributed by atoms with E-state index < -0.39 is 48.7 Å². The Kier molecular flexibility index (Phi) is 9.48. The largest absolute Gasteiger partial charge is 0.453 e. The molecule has 36 heavy (non-hydrogen) atoms. The average Bonchev–Trinajstić information content (AvgIpc) is 3.10. The summed E-state index contributed by atoms with van der Waals surface area (Å²) in [5.41, 5.74) is -0.323. The number of anilines is 1. The molecule has 10 nitrogen and oxygen atoms in total. The Hall–Kier alpha value is -3.38. The summed E-state index contributed by atoms with van der Waals surface area (Å²) >= 11 is 0. The Bertz CT molecular complexity index is 1080. The number of rotatable bonds is 11. The summed E-state index contributed by atoms with van der Waals surface area (Å²) in [4.78, 5) is 40.4. The second-order valence-electron chi connectivity index (χ2n) is 8.23. The number of aromatic nitrogens is 2. The van der Waals surface area contributed by atoms with Crippen molar-refractivity contribution in [1.29, 1.82) is 0 Å². The fourth-order valence-corrected chi connectivity index (χ4v) is 3.74. The van der Waals surface area contributed by atoms with Crippen molar-refractivity contribution in [3.63, 3.8) is 0 Å². The number of carbonyl (C=O) groups is 2. The van der Waals surface area contributed by atoms with E-state index in [1.807, 2.05) is 6.92 Å². The van der Waals surface area contributed by atoms with Crippen LogP contribution in [0, 0.1) is 0 Å². The molecule has 2 N–H and O–H groups in total. The molecule has 3 rings (SSSR count). The summed E-state index contributed by atoms with van der Waals surface area (Å²) in [6, 6.07) is 10.1. The van der Waals surface area contributed by atoms with Crippen LogP contribution in [0.1, 0.15) is 44.4 Å². The zero-order valence-corrected chi connectivity index (χ0v) is 19.8. The third-order valence-corrected chi connectivity index (χ3v) is 5.58. The predicted octanol–water partition coefficient (Wildman–Crippen LogP) is 3.05. The number of benzene rings is 1. The van der Waals surface area contributed by atoms with Gasteiger partial charge in [0, 0.05) is 12.6 Å². The van der Waals surface area contributed by atoms with Gasteiger partial charge < -0.3 is 19.3 Å². The minimum absolute atomic E-state index is 0.110. The van der Waals surface area contributed by atoms with E-state index >= 15 is 8.78 Å². The van der Waals surface area contributed by atoms with Crippen LogP contribution in [0.25, 0.3) is 0 Å². The number of unbranched alkanes of at least 4 members (excludes halogenated alkanes) is 2. The molecule has 0 bridgehead atoms. The zero-order chi connectivity index (χ0) is 26.1. The molecule has 1 fully saturated rings. The second kappa shape index (κ2) is 12.5. The van der Waals surface area contributed by atoms with Gasteiger partial charge in [-0.2, -0.15) is 8.78 Å². The Morgan fingerprint density at radius 2 is 1.97 bits per heavy atom. The first kappa shape index (κ1) is 27.2. The number of nitrogens with one attached hydrogen (secondary N) is 1. The molecule has 1 saturated heterocycles. The van der Waals surface area contributed by atoms with E-state index in [0.717, 1.165) is 30.7 Å². The summed E-state index contributed by atoms with van der Waals surface area (Å²) in [5.74, 6) is -5.21. The maximum absolute atomic E-state index is 15.5. The highest BCUT2D eigenvalue weighted by atomic mass is 19.3. The molecule has 12 heteroatoms. The SMILES string of the molecule is CCCCCOC(=O)Nc1ccnc(=O)n1[C@@H]1O[C@H](CO)[C@@H](OC(=O)CCc2ccccc2)C1(F)F. The molecular weight excluding hydrogens is 480 g/mol. The van der Waals surface area contributed by atoms with Gasteiger partial charge in [0.2, 0.25) is 6.23 Å². The molecule has 0 unspecified atom stereocenters. The molecule has 0 spiro atoms. The van der Waals surface area contributed by atoms with Crippen molar-refractivity contribution >= 4 is 17.9 Å². The number of ether oxygens (including phenoxy) is 3.